The molecule has 114 valence electrons. The second-order valence-electron chi connectivity index (χ2n) is 5.87. The lowest BCUT2D eigenvalue weighted by Crippen LogP contribution is -2.07. The second kappa shape index (κ2) is 7.66. The summed E-state index contributed by atoms with van der Waals surface area (Å²) in [6, 6.07) is 18.6. The molecule has 0 aliphatic rings. The zero-order valence-corrected chi connectivity index (χ0v) is 13.5. The summed E-state index contributed by atoms with van der Waals surface area (Å²) >= 11 is 0. The number of hydrogen-bond donors (Lipinski definition) is 0. The van der Waals surface area contributed by atoms with Gasteiger partial charge in [0.2, 0.25) is 0 Å². The van der Waals surface area contributed by atoms with Crippen LogP contribution in [0.15, 0.2) is 48.5 Å². The number of nitrogens with zero attached hydrogens (tertiary/aromatic N) is 1. The zero-order valence-electron chi connectivity index (χ0n) is 13.5. The molecule has 2 nitrogen and oxygen atoms in total. The lowest BCUT2D eigenvalue weighted by molar-refractivity contribution is 0.302. The molecule has 0 N–H and O–H groups in total. The summed E-state index contributed by atoms with van der Waals surface area (Å²) in [5.74, 6) is 1.24. The van der Waals surface area contributed by atoms with Crippen molar-refractivity contribution in [2.75, 3.05) is 6.61 Å². The van der Waals surface area contributed by atoms with E-state index < -0.39 is 0 Å². The minimum atomic E-state index is -0.118. The molecule has 2 heteroatoms. The van der Waals surface area contributed by atoms with Crippen LogP contribution in [0.1, 0.15) is 48.8 Å². The van der Waals surface area contributed by atoms with Crippen molar-refractivity contribution >= 4 is 0 Å². The SMILES string of the molecule is Cc1ccccc1C(C#N)CCOc1ccccc1C(C)C. The Hall–Kier alpha value is -2.27. The van der Waals surface area contributed by atoms with Gasteiger partial charge in [-0.1, -0.05) is 56.3 Å². The first kappa shape index (κ1) is 16.1. The van der Waals surface area contributed by atoms with Gasteiger partial charge in [-0.3, -0.25) is 0 Å². The third-order valence-electron chi connectivity index (χ3n) is 3.92. The van der Waals surface area contributed by atoms with Gasteiger partial charge in [-0.15, -0.1) is 0 Å². The number of nitriles is 1. The molecule has 22 heavy (non-hydrogen) atoms. The molecule has 0 fully saturated rings. The fraction of sp³-hybridized carbons (Fsp3) is 0.350. The molecule has 0 spiro atoms. The smallest absolute Gasteiger partial charge is 0.122 e. The highest BCUT2D eigenvalue weighted by Crippen LogP contribution is 2.27. The van der Waals surface area contributed by atoms with E-state index in [1.807, 2.05) is 36.4 Å². The predicted molar refractivity (Wildman–Crippen MR) is 90.2 cm³/mol. The standard InChI is InChI=1S/C20H23NO/c1-15(2)18-9-6-7-11-20(18)22-13-12-17(14-21)19-10-5-4-8-16(19)3/h4-11,15,17H,12-13H2,1-3H3. The quantitative estimate of drug-likeness (QED) is 0.733. The van der Waals surface area contributed by atoms with Gasteiger partial charge in [0.05, 0.1) is 18.6 Å². The highest BCUT2D eigenvalue weighted by Gasteiger charge is 2.13. The van der Waals surface area contributed by atoms with Crippen molar-refractivity contribution in [1.82, 2.24) is 0 Å². The summed E-state index contributed by atoms with van der Waals surface area (Å²) < 4.78 is 5.94. The van der Waals surface area contributed by atoms with Crippen LogP contribution in [-0.2, 0) is 0 Å². The average Bonchev–Trinajstić information content (AvgIpc) is 2.53. The Bertz CT molecular complexity index is 655. The Morgan fingerprint density at radius 1 is 1.00 bits per heavy atom. The van der Waals surface area contributed by atoms with Crippen molar-refractivity contribution in [3.8, 4) is 11.8 Å². The average molecular weight is 293 g/mol. The van der Waals surface area contributed by atoms with Gasteiger partial charge in [0.15, 0.2) is 0 Å². The van der Waals surface area contributed by atoms with E-state index in [9.17, 15) is 5.26 Å². The van der Waals surface area contributed by atoms with E-state index in [0.29, 0.717) is 18.9 Å². The molecule has 0 aliphatic carbocycles. The number of hydrogen-bond acceptors (Lipinski definition) is 2. The molecule has 0 aliphatic heterocycles. The van der Waals surface area contributed by atoms with Crippen LogP contribution in [0.4, 0.5) is 0 Å². The van der Waals surface area contributed by atoms with E-state index in [1.165, 1.54) is 5.56 Å². The summed E-state index contributed by atoms with van der Waals surface area (Å²) in [5, 5.41) is 9.44. The number of rotatable bonds is 6. The first-order chi connectivity index (χ1) is 10.6. The maximum atomic E-state index is 9.44. The van der Waals surface area contributed by atoms with Gasteiger partial charge in [0.1, 0.15) is 5.75 Å². The fourth-order valence-corrected chi connectivity index (χ4v) is 2.64. The van der Waals surface area contributed by atoms with Crippen LogP contribution in [0.2, 0.25) is 0 Å². The van der Waals surface area contributed by atoms with Crippen LogP contribution >= 0.6 is 0 Å². The van der Waals surface area contributed by atoms with Crippen LogP contribution in [0.25, 0.3) is 0 Å². The molecule has 1 atom stereocenters. The molecule has 2 rings (SSSR count). The van der Waals surface area contributed by atoms with Gasteiger partial charge in [0.25, 0.3) is 0 Å². The summed E-state index contributed by atoms with van der Waals surface area (Å²) in [5.41, 5.74) is 3.48. The van der Waals surface area contributed by atoms with Gasteiger partial charge in [0, 0.05) is 6.42 Å². The van der Waals surface area contributed by atoms with Gasteiger partial charge in [-0.2, -0.15) is 5.26 Å². The summed E-state index contributed by atoms with van der Waals surface area (Å²) in [7, 11) is 0. The van der Waals surface area contributed by atoms with E-state index in [0.717, 1.165) is 16.9 Å². The van der Waals surface area contributed by atoms with Gasteiger partial charge in [-0.05, 0) is 35.6 Å². The molecular formula is C20H23NO. The van der Waals surface area contributed by atoms with Crippen molar-refractivity contribution in [1.29, 1.82) is 5.26 Å². The number of para-hydroxylation sites is 1. The normalized spacial score (nSPS) is 12.0. The lowest BCUT2D eigenvalue weighted by atomic mass is 9.93. The van der Waals surface area contributed by atoms with E-state index >= 15 is 0 Å². The molecule has 1 unspecified atom stereocenters. The summed E-state index contributed by atoms with van der Waals surface area (Å²) in [4.78, 5) is 0. The van der Waals surface area contributed by atoms with Crippen LogP contribution in [0, 0.1) is 18.3 Å². The zero-order chi connectivity index (χ0) is 15.9. The largest absolute Gasteiger partial charge is 0.493 e. The highest BCUT2D eigenvalue weighted by atomic mass is 16.5. The molecule has 0 saturated heterocycles. The first-order valence-corrected chi connectivity index (χ1v) is 7.80. The van der Waals surface area contributed by atoms with Crippen LogP contribution in [0.3, 0.4) is 0 Å². The molecule has 0 saturated carbocycles. The highest BCUT2D eigenvalue weighted by molar-refractivity contribution is 5.36. The third-order valence-corrected chi connectivity index (χ3v) is 3.92. The Morgan fingerprint density at radius 3 is 2.27 bits per heavy atom. The Labute approximate surface area is 133 Å². The van der Waals surface area contributed by atoms with Crippen LogP contribution in [0.5, 0.6) is 5.75 Å². The number of benzene rings is 2. The van der Waals surface area contributed by atoms with E-state index in [1.54, 1.807) is 0 Å². The summed E-state index contributed by atoms with van der Waals surface area (Å²) in [6.45, 7) is 6.92. The first-order valence-electron chi connectivity index (χ1n) is 7.80. The minimum Gasteiger partial charge on any atom is -0.493 e. The van der Waals surface area contributed by atoms with Crippen molar-refractivity contribution in [2.45, 2.75) is 39.0 Å². The van der Waals surface area contributed by atoms with E-state index in [4.69, 9.17) is 4.74 Å². The monoisotopic (exact) mass is 293 g/mol. The van der Waals surface area contributed by atoms with E-state index in [2.05, 4.69) is 39.0 Å². The molecular weight excluding hydrogens is 270 g/mol. The molecule has 0 amide bonds. The number of aryl methyl sites for hydroxylation is 1. The Balaban J connectivity index is 2.01. The topological polar surface area (TPSA) is 33.0 Å². The Morgan fingerprint density at radius 2 is 1.64 bits per heavy atom. The molecule has 0 bridgehead atoms. The van der Waals surface area contributed by atoms with Crippen molar-refractivity contribution in [3.63, 3.8) is 0 Å². The molecule has 2 aromatic rings. The molecule has 2 aromatic carbocycles. The lowest BCUT2D eigenvalue weighted by Gasteiger charge is -2.16. The van der Waals surface area contributed by atoms with Crippen molar-refractivity contribution in [2.24, 2.45) is 0 Å². The predicted octanol–water partition coefficient (Wildman–Crippen LogP) is 5.19. The van der Waals surface area contributed by atoms with Crippen molar-refractivity contribution in [3.05, 3.63) is 65.2 Å². The maximum Gasteiger partial charge on any atom is 0.122 e. The minimum absolute atomic E-state index is 0.118. The number of ether oxygens (including phenoxy) is 1. The molecule has 0 aromatic heterocycles. The maximum absolute atomic E-state index is 9.44. The molecule has 0 heterocycles. The van der Waals surface area contributed by atoms with Crippen molar-refractivity contribution < 1.29 is 4.74 Å². The second-order valence-corrected chi connectivity index (χ2v) is 5.87. The Kier molecular flexibility index (Phi) is 5.61. The van der Waals surface area contributed by atoms with Gasteiger partial charge < -0.3 is 4.74 Å². The van der Waals surface area contributed by atoms with Crippen LogP contribution in [-0.4, -0.2) is 6.61 Å². The fourth-order valence-electron chi connectivity index (χ4n) is 2.64. The third kappa shape index (κ3) is 3.89. The molecule has 0 radical (unpaired) electrons. The van der Waals surface area contributed by atoms with Gasteiger partial charge in [-0.25, -0.2) is 0 Å². The van der Waals surface area contributed by atoms with Crippen LogP contribution < -0.4 is 4.74 Å². The van der Waals surface area contributed by atoms with Gasteiger partial charge >= 0.3 is 0 Å². The van der Waals surface area contributed by atoms with E-state index in [-0.39, 0.29) is 5.92 Å². The summed E-state index contributed by atoms with van der Waals surface area (Å²) in [6.07, 6.45) is 0.702.